The van der Waals surface area contributed by atoms with Crippen molar-refractivity contribution in [3.63, 3.8) is 0 Å². The van der Waals surface area contributed by atoms with Crippen molar-refractivity contribution in [2.24, 2.45) is 0 Å². The normalized spacial score (nSPS) is 14.1. The molecule has 0 saturated heterocycles. The molecule has 0 N–H and O–H groups in total. The lowest BCUT2D eigenvalue weighted by molar-refractivity contribution is 0.426. The monoisotopic (exact) mass is 277 g/mol. The highest BCUT2D eigenvalue weighted by atomic mass is 79.9. The molecule has 16 heavy (non-hydrogen) atoms. The summed E-state index contributed by atoms with van der Waals surface area (Å²) in [6.07, 6.45) is 3.70. The Hall–Kier alpha value is -1.09. The van der Waals surface area contributed by atoms with Crippen LogP contribution in [0.2, 0.25) is 0 Å². The van der Waals surface area contributed by atoms with Crippen molar-refractivity contribution in [1.29, 1.82) is 0 Å². The Bertz CT molecular complexity index is 518. The Kier molecular flexibility index (Phi) is 2.56. The van der Waals surface area contributed by atoms with E-state index in [0.29, 0.717) is 0 Å². The number of fused-ring (bicyclic) bond motifs is 1. The second kappa shape index (κ2) is 4.06. The maximum Gasteiger partial charge on any atom is 0.167 e. The summed E-state index contributed by atoms with van der Waals surface area (Å²) in [5.41, 5.74) is 5.04. The fourth-order valence-electron chi connectivity index (χ4n) is 2.24. The molecule has 0 amide bonds. The topological polar surface area (TPSA) is 26.0 Å². The molecule has 0 radical (unpaired) electrons. The highest BCUT2D eigenvalue weighted by Crippen LogP contribution is 2.28. The van der Waals surface area contributed by atoms with Gasteiger partial charge in [-0.25, -0.2) is 0 Å². The van der Waals surface area contributed by atoms with E-state index in [1.807, 2.05) is 6.07 Å². The molecule has 0 spiro atoms. The first kappa shape index (κ1) is 10.1. The molecule has 1 aromatic carbocycles. The summed E-state index contributed by atoms with van der Waals surface area (Å²) in [6, 6.07) is 8.57. The third-order valence-electron chi connectivity index (χ3n) is 3.08. The number of aryl methyl sites for hydroxylation is 2. The van der Waals surface area contributed by atoms with Gasteiger partial charge in [0.15, 0.2) is 5.76 Å². The van der Waals surface area contributed by atoms with Crippen LogP contribution in [0.15, 0.2) is 28.8 Å². The van der Waals surface area contributed by atoms with Crippen LogP contribution in [0.5, 0.6) is 0 Å². The van der Waals surface area contributed by atoms with Crippen molar-refractivity contribution < 1.29 is 4.52 Å². The lowest BCUT2D eigenvalue weighted by Crippen LogP contribution is -1.83. The van der Waals surface area contributed by atoms with E-state index in [9.17, 15) is 0 Å². The highest BCUT2D eigenvalue weighted by molar-refractivity contribution is 9.08. The van der Waals surface area contributed by atoms with Gasteiger partial charge >= 0.3 is 0 Å². The molecule has 3 rings (SSSR count). The second-order valence-electron chi connectivity index (χ2n) is 4.15. The predicted molar refractivity (Wildman–Crippen MR) is 66.6 cm³/mol. The third-order valence-corrected chi connectivity index (χ3v) is 3.65. The maximum atomic E-state index is 5.32. The molecule has 1 aromatic heterocycles. The van der Waals surface area contributed by atoms with Gasteiger partial charge in [0.25, 0.3) is 0 Å². The molecule has 82 valence electrons. The molecule has 2 aromatic rings. The molecule has 1 aliphatic carbocycles. The van der Waals surface area contributed by atoms with E-state index >= 15 is 0 Å². The third kappa shape index (κ3) is 1.69. The number of benzene rings is 1. The van der Waals surface area contributed by atoms with Gasteiger partial charge in [-0.3, -0.25) is 0 Å². The van der Waals surface area contributed by atoms with Crippen molar-refractivity contribution in [2.45, 2.75) is 24.6 Å². The van der Waals surface area contributed by atoms with Crippen molar-refractivity contribution in [2.75, 3.05) is 0 Å². The fourth-order valence-corrected chi connectivity index (χ4v) is 2.50. The lowest BCUT2D eigenvalue weighted by Gasteiger charge is -2.00. The minimum absolute atomic E-state index is 0.738. The summed E-state index contributed by atoms with van der Waals surface area (Å²) < 4.78 is 5.32. The average Bonchev–Trinajstić information content (AvgIpc) is 2.96. The number of halogens is 1. The summed E-state index contributed by atoms with van der Waals surface area (Å²) in [6.45, 7) is 0. The van der Waals surface area contributed by atoms with Gasteiger partial charge in [-0.1, -0.05) is 33.2 Å². The fraction of sp³-hybridized carbons (Fsp3) is 0.308. The molecule has 0 unspecified atom stereocenters. The van der Waals surface area contributed by atoms with E-state index < -0.39 is 0 Å². The number of rotatable bonds is 2. The number of alkyl halides is 1. The van der Waals surface area contributed by atoms with Crippen LogP contribution in [-0.4, -0.2) is 5.16 Å². The highest BCUT2D eigenvalue weighted by Gasteiger charge is 2.13. The van der Waals surface area contributed by atoms with Gasteiger partial charge < -0.3 is 4.52 Å². The molecule has 0 atom stereocenters. The summed E-state index contributed by atoms with van der Waals surface area (Å²) in [5.74, 6) is 0.865. The van der Waals surface area contributed by atoms with Gasteiger partial charge in [-0.15, -0.1) is 0 Å². The van der Waals surface area contributed by atoms with Crippen molar-refractivity contribution in [3.8, 4) is 11.3 Å². The summed E-state index contributed by atoms with van der Waals surface area (Å²) >= 11 is 3.37. The zero-order valence-corrected chi connectivity index (χ0v) is 10.5. The van der Waals surface area contributed by atoms with Crippen molar-refractivity contribution >= 4 is 15.9 Å². The molecule has 3 heteroatoms. The minimum Gasteiger partial charge on any atom is -0.356 e. The first-order chi connectivity index (χ1) is 7.86. The minimum atomic E-state index is 0.738. The number of hydrogen-bond acceptors (Lipinski definition) is 2. The Morgan fingerprint density at radius 1 is 1.19 bits per heavy atom. The predicted octanol–water partition coefficient (Wildman–Crippen LogP) is 3.73. The van der Waals surface area contributed by atoms with Gasteiger partial charge in [0.05, 0.1) is 5.69 Å². The smallest absolute Gasteiger partial charge is 0.167 e. The zero-order chi connectivity index (χ0) is 11.0. The van der Waals surface area contributed by atoms with E-state index in [-0.39, 0.29) is 0 Å². The largest absolute Gasteiger partial charge is 0.356 e. The van der Waals surface area contributed by atoms with Gasteiger partial charge in [0, 0.05) is 17.0 Å². The van der Waals surface area contributed by atoms with Gasteiger partial charge in [0.2, 0.25) is 0 Å². The first-order valence-electron chi connectivity index (χ1n) is 5.50. The Morgan fingerprint density at radius 3 is 2.88 bits per heavy atom. The zero-order valence-electron chi connectivity index (χ0n) is 8.87. The van der Waals surface area contributed by atoms with Crippen LogP contribution in [0.1, 0.15) is 23.2 Å². The Labute approximate surface area is 103 Å². The Balaban J connectivity index is 2.00. The number of aromatic nitrogens is 1. The van der Waals surface area contributed by atoms with Crippen LogP contribution in [0.25, 0.3) is 11.3 Å². The summed E-state index contributed by atoms with van der Waals surface area (Å²) in [7, 11) is 0. The van der Waals surface area contributed by atoms with Crippen LogP contribution < -0.4 is 0 Å². The van der Waals surface area contributed by atoms with Gasteiger partial charge in [0.1, 0.15) is 0 Å². The van der Waals surface area contributed by atoms with E-state index in [2.05, 4.69) is 39.3 Å². The quantitative estimate of drug-likeness (QED) is 0.782. The van der Waals surface area contributed by atoms with E-state index in [1.165, 1.54) is 30.4 Å². The molecule has 0 fully saturated rings. The molecular weight excluding hydrogens is 266 g/mol. The first-order valence-corrected chi connectivity index (χ1v) is 6.63. The number of hydrogen-bond donors (Lipinski definition) is 0. The van der Waals surface area contributed by atoms with Crippen LogP contribution in [0.4, 0.5) is 0 Å². The maximum absolute atomic E-state index is 5.32. The number of nitrogens with zero attached hydrogens (tertiary/aromatic N) is 1. The van der Waals surface area contributed by atoms with Crippen LogP contribution in [-0.2, 0) is 18.2 Å². The molecular formula is C13H12BrNO. The van der Waals surface area contributed by atoms with E-state index in [1.54, 1.807) is 0 Å². The van der Waals surface area contributed by atoms with Crippen molar-refractivity contribution in [3.05, 3.63) is 41.1 Å². The second-order valence-corrected chi connectivity index (χ2v) is 4.71. The molecule has 2 nitrogen and oxygen atoms in total. The van der Waals surface area contributed by atoms with Crippen molar-refractivity contribution in [1.82, 2.24) is 5.16 Å². The lowest BCUT2D eigenvalue weighted by atomic mass is 10.0. The summed E-state index contributed by atoms with van der Waals surface area (Å²) in [4.78, 5) is 0. The van der Waals surface area contributed by atoms with Gasteiger partial charge in [-0.05, 0) is 36.5 Å². The SMILES string of the molecule is BrCc1cc(-c2ccc3c(c2)CCC3)on1. The average molecular weight is 278 g/mol. The molecule has 0 saturated carbocycles. The van der Waals surface area contributed by atoms with Crippen LogP contribution in [0.3, 0.4) is 0 Å². The standard InChI is InChI=1S/C13H12BrNO/c14-8-12-7-13(16-15-12)11-5-4-9-2-1-3-10(9)6-11/h4-7H,1-3,8H2. The van der Waals surface area contributed by atoms with E-state index in [0.717, 1.165) is 22.3 Å². The molecule has 0 aliphatic heterocycles. The van der Waals surface area contributed by atoms with Crippen LogP contribution >= 0.6 is 15.9 Å². The molecule has 1 aliphatic rings. The van der Waals surface area contributed by atoms with E-state index in [4.69, 9.17) is 4.52 Å². The van der Waals surface area contributed by atoms with Crippen LogP contribution in [0, 0.1) is 0 Å². The van der Waals surface area contributed by atoms with Gasteiger partial charge in [-0.2, -0.15) is 0 Å². The molecule has 0 bridgehead atoms. The summed E-state index contributed by atoms with van der Waals surface area (Å²) in [5, 5.41) is 4.72. The molecule has 1 heterocycles. The Morgan fingerprint density at radius 2 is 2.06 bits per heavy atom.